The number of nitrogens with zero attached hydrogens (tertiary/aromatic N) is 2. The van der Waals surface area contributed by atoms with Crippen molar-refractivity contribution in [2.75, 3.05) is 6.61 Å². The van der Waals surface area contributed by atoms with Gasteiger partial charge in [0.05, 0.1) is 18.0 Å². The molecule has 4 heteroatoms. The number of carbonyl (C=O) groups is 1. The zero-order valence-corrected chi connectivity index (χ0v) is 12.3. The summed E-state index contributed by atoms with van der Waals surface area (Å²) in [5.41, 5.74) is 3.35. The topological polar surface area (TPSA) is 44.1 Å². The number of benzene rings is 2. The minimum absolute atomic E-state index is 0.313. The molecule has 110 valence electrons. The average molecular weight is 292 g/mol. The van der Waals surface area contributed by atoms with Gasteiger partial charge in [0.1, 0.15) is 0 Å². The maximum atomic E-state index is 12.2. The highest BCUT2D eigenvalue weighted by Crippen LogP contribution is 2.26. The monoisotopic (exact) mass is 292 g/mol. The predicted molar refractivity (Wildman–Crippen MR) is 85.5 cm³/mol. The highest BCUT2D eigenvalue weighted by atomic mass is 16.5. The van der Waals surface area contributed by atoms with Crippen molar-refractivity contribution >= 4 is 6.09 Å². The highest BCUT2D eigenvalue weighted by molar-refractivity contribution is 5.80. The molecule has 4 nitrogen and oxygen atoms in total. The lowest BCUT2D eigenvalue weighted by atomic mass is 10.1. The van der Waals surface area contributed by atoms with Gasteiger partial charge >= 0.3 is 6.09 Å². The molecule has 1 aromatic heterocycles. The van der Waals surface area contributed by atoms with Crippen molar-refractivity contribution in [2.45, 2.75) is 6.92 Å². The van der Waals surface area contributed by atoms with Crippen molar-refractivity contribution < 1.29 is 9.53 Å². The van der Waals surface area contributed by atoms with Crippen molar-refractivity contribution in [1.29, 1.82) is 0 Å². The fraction of sp³-hybridized carbons (Fsp3) is 0.111. The minimum Gasteiger partial charge on any atom is -0.448 e. The molecule has 2 aromatic carbocycles. The van der Waals surface area contributed by atoms with Gasteiger partial charge in [-0.3, -0.25) is 0 Å². The number of ether oxygens (including phenoxy) is 1. The summed E-state index contributed by atoms with van der Waals surface area (Å²) in [5.74, 6) is 0. The summed E-state index contributed by atoms with van der Waals surface area (Å²) in [4.78, 5) is 12.2. The fourth-order valence-corrected chi connectivity index (χ4v) is 2.27. The van der Waals surface area contributed by atoms with E-state index in [0.29, 0.717) is 6.61 Å². The van der Waals surface area contributed by atoms with Crippen LogP contribution in [0.2, 0.25) is 0 Å². The van der Waals surface area contributed by atoms with E-state index >= 15 is 0 Å². The smallest absolute Gasteiger partial charge is 0.435 e. The summed E-state index contributed by atoms with van der Waals surface area (Å²) in [5, 5.41) is 4.42. The largest absolute Gasteiger partial charge is 0.448 e. The lowest BCUT2D eigenvalue weighted by Gasteiger charge is -2.05. The van der Waals surface area contributed by atoms with Gasteiger partial charge in [-0.1, -0.05) is 60.7 Å². The Bertz CT molecular complexity index is 764. The number of aromatic nitrogens is 2. The van der Waals surface area contributed by atoms with E-state index in [1.807, 2.05) is 66.7 Å². The second-order valence-electron chi connectivity index (χ2n) is 4.76. The Balaban J connectivity index is 2.11. The molecule has 0 aliphatic heterocycles. The van der Waals surface area contributed by atoms with Crippen LogP contribution in [0.15, 0.2) is 66.7 Å². The van der Waals surface area contributed by atoms with E-state index in [9.17, 15) is 4.79 Å². The molecule has 0 saturated heterocycles. The molecule has 0 spiro atoms. The first kappa shape index (κ1) is 14.1. The molecule has 0 N–H and O–H groups in total. The van der Waals surface area contributed by atoms with Gasteiger partial charge in [0.2, 0.25) is 0 Å². The molecule has 0 amide bonds. The first-order valence-corrected chi connectivity index (χ1v) is 7.17. The van der Waals surface area contributed by atoms with Gasteiger partial charge in [0, 0.05) is 11.1 Å². The van der Waals surface area contributed by atoms with E-state index < -0.39 is 6.09 Å². The third-order valence-corrected chi connectivity index (χ3v) is 3.29. The maximum absolute atomic E-state index is 12.2. The predicted octanol–water partition coefficient (Wildman–Crippen LogP) is 4.22. The van der Waals surface area contributed by atoms with E-state index in [0.717, 1.165) is 22.5 Å². The lowest BCUT2D eigenvalue weighted by molar-refractivity contribution is 0.151. The first-order valence-electron chi connectivity index (χ1n) is 7.17. The van der Waals surface area contributed by atoms with Gasteiger partial charge in [0.15, 0.2) is 0 Å². The lowest BCUT2D eigenvalue weighted by Crippen LogP contribution is -2.16. The molecular formula is C18H16N2O2. The van der Waals surface area contributed by atoms with Gasteiger partial charge in [-0.15, -0.1) is 0 Å². The van der Waals surface area contributed by atoms with Crippen LogP contribution in [-0.4, -0.2) is 22.5 Å². The molecule has 0 aliphatic carbocycles. The molecule has 0 unspecified atom stereocenters. The van der Waals surface area contributed by atoms with E-state index in [-0.39, 0.29) is 0 Å². The van der Waals surface area contributed by atoms with Gasteiger partial charge < -0.3 is 4.74 Å². The molecule has 0 saturated carbocycles. The van der Waals surface area contributed by atoms with E-state index in [2.05, 4.69) is 5.10 Å². The second kappa shape index (κ2) is 6.26. The van der Waals surface area contributed by atoms with Gasteiger partial charge in [-0.2, -0.15) is 9.78 Å². The molecule has 3 aromatic rings. The van der Waals surface area contributed by atoms with Gasteiger partial charge in [0.25, 0.3) is 0 Å². The third kappa shape index (κ3) is 2.76. The van der Waals surface area contributed by atoms with Crippen LogP contribution in [0.5, 0.6) is 0 Å². The van der Waals surface area contributed by atoms with Crippen molar-refractivity contribution in [3.63, 3.8) is 0 Å². The van der Waals surface area contributed by atoms with Crippen molar-refractivity contribution in [1.82, 2.24) is 9.78 Å². The number of rotatable bonds is 3. The zero-order valence-electron chi connectivity index (χ0n) is 12.3. The standard InChI is InChI=1S/C18H16N2O2/c1-2-22-18(21)20-17(15-11-7-4-8-12-15)13-16(19-20)14-9-5-3-6-10-14/h3-13H,2H2,1H3. The molecule has 0 atom stereocenters. The normalized spacial score (nSPS) is 10.4. The summed E-state index contributed by atoms with van der Waals surface area (Å²) < 4.78 is 6.42. The van der Waals surface area contributed by atoms with Gasteiger partial charge in [-0.25, -0.2) is 4.79 Å². The quantitative estimate of drug-likeness (QED) is 0.726. The van der Waals surface area contributed by atoms with E-state index in [1.54, 1.807) is 6.92 Å². The summed E-state index contributed by atoms with van der Waals surface area (Å²) in [6.07, 6.45) is -0.469. The molecule has 0 bridgehead atoms. The van der Waals surface area contributed by atoms with Crippen molar-refractivity contribution in [2.24, 2.45) is 0 Å². The van der Waals surface area contributed by atoms with Crippen LogP contribution in [0, 0.1) is 0 Å². The minimum atomic E-state index is -0.469. The van der Waals surface area contributed by atoms with Crippen LogP contribution in [0.25, 0.3) is 22.5 Å². The molecular weight excluding hydrogens is 276 g/mol. The second-order valence-corrected chi connectivity index (χ2v) is 4.76. The van der Waals surface area contributed by atoms with Crippen LogP contribution in [0.4, 0.5) is 4.79 Å². The summed E-state index contributed by atoms with van der Waals surface area (Å²) in [6.45, 7) is 2.09. The average Bonchev–Trinajstić information content (AvgIpc) is 3.02. The van der Waals surface area contributed by atoms with Crippen molar-refractivity contribution in [3.05, 3.63) is 66.7 Å². The Kier molecular flexibility index (Phi) is 4.01. The molecule has 3 rings (SSSR count). The van der Waals surface area contributed by atoms with Crippen LogP contribution in [0.1, 0.15) is 6.92 Å². The Morgan fingerprint density at radius 1 is 1.00 bits per heavy atom. The fourth-order valence-electron chi connectivity index (χ4n) is 2.27. The highest BCUT2D eigenvalue weighted by Gasteiger charge is 2.17. The van der Waals surface area contributed by atoms with Crippen LogP contribution in [-0.2, 0) is 4.74 Å². The first-order chi connectivity index (χ1) is 10.8. The molecule has 0 fully saturated rings. The van der Waals surface area contributed by atoms with Crippen LogP contribution in [0.3, 0.4) is 0 Å². The van der Waals surface area contributed by atoms with E-state index in [4.69, 9.17) is 4.74 Å². The number of carbonyl (C=O) groups excluding carboxylic acids is 1. The maximum Gasteiger partial charge on any atom is 0.435 e. The summed E-state index contributed by atoms with van der Waals surface area (Å²) >= 11 is 0. The summed E-state index contributed by atoms with van der Waals surface area (Å²) in [7, 11) is 0. The number of hydrogen-bond acceptors (Lipinski definition) is 3. The Hall–Kier alpha value is -2.88. The molecule has 22 heavy (non-hydrogen) atoms. The molecule has 0 radical (unpaired) electrons. The van der Waals surface area contributed by atoms with Crippen molar-refractivity contribution in [3.8, 4) is 22.5 Å². The third-order valence-electron chi connectivity index (χ3n) is 3.29. The Labute approximate surface area is 129 Å². The SMILES string of the molecule is CCOC(=O)n1nc(-c2ccccc2)cc1-c1ccccc1. The van der Waals surface area contributed by atoms with Crippen LogP contribution < -0.4 is 0 Å². The molecule has 1 heterocycles. The molecule has 0 aliphatic rings. The van der Waals surface area contributed by atoms with Crippen LogP contribution >= 0.6 is 0 Å². The summed E-state index contributed by atoms with van der Waals surface area (Å²) in [6, 6.07) is 21.4. The zero-order chi connectivity index (χ0) is 15.4. The number of hydrogen-bond donors (Lipinski definition) is 0. The van der Waals surface area contributed by atoms with E-state index in [1.165, 1.54) is 4.68 Å². The Morgan fingerprint density at radius 3 is 2.18 bits per heavy atom. The van der Waals surface area contributed by atoms with Gasteiger partial charge in [-0.05, 0) is 13.0 Å². The Morgan fingerprint density at radius 2 is 1.59 bits per heavy atom.